The number of alkyl carbamates (subject to hydrolysis) is 2. The number of nitrogens with one attached hydrogen (secondary N) is 4. The van der Waals surface area contributed by atoms with Gasteiger partial charge < -0.3 is 39.9 Å². The van der Waals surface area contributed by atoms with Crippen LogP contribution in [-0.2, 0) is 25.0 Å². The number of rotatable bonds is 10. The lowest BCUT2D eigenvalue weighted by Crippen LogP contribution is -2.54. The second-order valence-electron chi connectivity index (χ2n) is 18.9. The van der Waals surface area contributed by atoms with E-state index in [0.29, 0.717) is 64.0 Å². The Kier molecular flexibility index (Phi) is 9.87. The van der Waals surface area contributed by atoms with Gasteiger partial charge in [-0.15, -0.1) is 0 Å². The number of hydrogen-bond donors (Lipinski definition) is 4. The Morgan fingerprint density at radius 2 is 1.42 bits per heavy atom. The maximum Gasteiger partial charge on any atom is 0.407 e. The number of carbonyl (C=O) groups is 4. The molecule has 2 saturated carbocycles. The smallest absolute Gasteiger partial charge is 0.407 e. The first-order chi connectivity index (χ1) is 30.6. The molecule has 0 radical (unpaired) electrons. The predicted octanol–water partition coefficient (Wildman–Crippen LogP) is 8.22. The summed E-state index contributed by atoms with van der Waals surface area (Å²) >= 11 is 0. The molecule has 16 heteroatoms. The minimum atomic E-state index is -3.29. The van der Waals surface area contributed by atoms with Gasteiger partial charge in [0.25, 0.3) is 5.92 Å². The number of imidazole rings is 2. The number of aromatic nitrogens is 4. The largest absolute Gasteiger partial charge is 0.453 e. The third kappa shape index (κ3) is 6.53. The number of amides is 4. The molecule has 14 nitrogen and oxygen atoms in total. The van der Waals surface area contributed by atoms with Crippen LogP contribution in [0.3, 0.4) is 0 Å². The SMILES string of the molecule is COC(=O)N[C@H](C(=O)N1CCC[C@H]1c1ncc(-c2ccc3c(c2)C(F)(F)c2cc(-c4ccc5nc([C@H]6N(C(=O)[C@@H](NC(=O)OC)C(C)C)[C@@H]7C[C@@H]8C[C@]86C7)[nH]c5c4)ccc2-3)[nH]1)C(C)C. The quantitative estimate of drug-likeness (QED) is 0.109. The fraction of sp³-hybridized carbons (Fsp3) is 0.458. The summed E-state index contributed by atoms with van der Waals surface area (Å²) in [6.45, 7) is 8.00. The number of hydrogen-bond acceptors (Lipinski definition) is 8. The van der Waals surface area contributed by atoms with Crippen LogP contribution in [0.1, 0.15) is 94.7 Å². The Labute approximate surface area is 368 Å². The number of aromatic amines is 2. The zero-order valence-electron chi connectivity index (χ0n) is 36.6. The molecule has 4 heterocycles. The molecule has 2 bridgehead atoms. The molecule has 4 N–H and O–H groups in total. The van der Waals surface area contributed by atoms with Gasteiger partial charge >= 0.3 is 12.2 Å². The number of alkyl halides is 2. The monoisotopic (exact) mass is 874 g/mol. The number of likely N-dealkylation sites (tertiary alicyclic amines) is 2. The van der Waals surface area contributed by atoms with E-state index in [2.05, 4.69) is 25.6 Å². The van der Waals surface area contributed by atoms with Crippen molar-refractivity contribution in [3.63, 3.8) is 0 Å². The summed E-state index contributed by atoms with van der Waals surface area (Å²) < 4.78 is 42.8. The van der Waals surface area contributed by atoms with Crippen LogP contribution in [-0.4, -0.2) is 92.6 Å². The molecule has 3 aliphatic carbocycles. The van der Waals surface area contributed by atoms with Crippen LogP contribution >= 0.6 is 0 Å². The third-order valence-electron chi connectivity index (χ3n) is 14.6. The number of H-pyrrole nitrogens is 2. The molecular weight excluding hydrogens is 823 g/mol. The van der Waals surface area contributed by atoms with Crippen molar-refractivity contribution in [3.8, 4) is 33.5 Å². The van der Waals surface area contributed by atoms with Gasteiger partial charge in [0.15, 0.2) is 0 Å². The summed E-state index contributed by atoms with van der Waals surface area (Å²) in [4.78, 5) is 72.3. The fourth-order valence-corrected chi connectivity index (χ4v) is 11.3. The van der Waals surface area contributed by atoms with Crippen LogP contribution in [0.4, 0.5) is 18.4 Å². The normalized spacial score (nSPS) is 24.4. The number of piperidine rings is 1. The van der Waals surface area contributed by atoms with E-state index < -0.39 is 30.2 Å². The van der Waals surface area contributed by atoms with Crippen molar-refractivity contribution in [1.29, 1.82) is 0 Å². The zero-order chi connectivity index (χ0) is 45.0. The van der Waals surface area contributed by atoms with Gasteiger partial charge in [-0.05, 0) is 96.4 Å². The van der Waals surface area contributed by atoms with Crippen LogP contribution in [0.25, 0.3) is 44.5 Å². The van der Waals surface area contributed by atoms with Gasteiger partial charge in [0.05, 0.1) is 49.2 Å². The van der Waals surface area contributed by atoms with Gasteiger partial charge in [0.2, 0.25) is 11.8 Å². The summed E-state index contributed by atoms with van der Waals surface area (Å²) in [6, 6.07) is 13.8. The topological polar surface area (TPSA) is 175 Å². The molecular formula is C48H52F2N8O6. The highest BCUT2D eigenvalue weighted by atomic mass is 19.3. The molecule has 64 heavy (non-hydrogen) atoms. The molecule has 334 valence electrons. The van der Waals surface area contributed by atoms with Crippen molar-refractivity contribution in [2.75, 3.05) is 20.8 Å². The highest BCUT2D eigenvalue weighted by Crippen LogP contribution is 2.76. The number of ether oxygens (including phenoxy) is 2. The highest BCUT2D eigenvalue weighted by molar-refractivity contribution is 5.89. The van der Waals surface area contributed by atoms with Crippen molar-refractivity contribution < 1.29 is 37.4 Å². The molecule has 4 amide bonds. The first-order valence-electron chi connectivity index (χ1n) is 22.2. The van der Waals surface area contributed by atoms with Gasteiger partial charge in [0, 0.05) is 34.7 Å². The standard InChI is InChI=1S/C48H52F2N8O6/c1-23(2)38(55-45(61)63-5)43(59)57-15-7-8-37(57)41-51-22-36(54-41)27-10-13-31-30-12-9-25(16-32(30)48(49,50)33(31)17-27)26-11-14-34-35(18-26)53-42(52-34)40-47-20-28(47)19-29(21-47)58(40)44(60)39(24(3)4)56-46(62)64-6/h9-14,16-18,22-24,28-29,37-40H,7-8,15,19-21H2,1-6H3,(H,51,54)(H,52,53)(H,55,61)(H,56,62)/t28-,29-,37+,38+,39+,40-,47+/m1/s1. The van der Waals surface area contributed by atoms with Crippen molar-refractivity contribution >= 4 is 35.0 Å². The van der Waals surface area contributed by atoms with Gasteiger partial charge in [0.1, 0.15) is 23.7 Å². The molecule has 10 rings (SSSR count). The third-order valence-corrected chi connectivity index (χ3v) is 14.6. The van der Waals surface area contributed by atoms with E-state index in [-0.39, 0.29) is 58.3 Å². The molecule has 3 aromatic carbocycles. The predicted molar refractivity (Wildman–Crippen MR) is 233 cm³/mol. The van der Waals surface area contributed by atoms with Crippen LogP contribution < -0.4 is 10.6 Å². The first-order valence-corrected chi connectivity index (χ1v) is 22.2. The molecule has 2 saturated heterocycles. The van der Waals surface area contributed by atoms with E-state index >= 15 is 8.78 Å². The van der Waals surface area contributed by atoms with E-state index in [0.717, 1.165) is 36.8 Å². The Bertz CT molecular complexity index is 2730. The molecule has 4 fully saturated rings. The highest BCUT2D eigenvalue weighted by Gasteiger charge is 2.73. The maximum absolute atomic E-state index is 16.6. The summed E-state index contributed by atoms with van der Waals surface area (Å²) in [5.41, 5.74) is 4.62. The lowest BCUT2D eigenvalue weighted by molar-refractivity contribution is -0.139. The number of methoxy groups -OCH3 is 2. The second kappa shape index (κ2) is 15.2. The average molecular weight is 875 g/mol. The minimum Gasteiger partial charge on any atom is -0.453 e. The lowest BCUT2D eigenvalue weighted by Gasteiger charge is -2.37. The number of nitrogens with zero attached hydrogens (tertiary/aromatic N) is 4. The molecule has 2 aliphatic heterocycles. The van der Waals surface area contributed by atoms with E-state index in [1.54, 1.807) is 35.4 Å². The van der Waals surface area contributed by atoms with Gasteiger partial charge in [-0.25, -0.2) is 19.6 Å². The maximum atomic E-state index is 16.6. The number of halogens is 2. The summed E-state index contributed by atoms with van der Waals surface area (Å²) in [5.74, 6) is -2.23. The van der Waals surface area contributed by atoms with E-state index in [9.17, 15) is 19.2 Å². The van der Waals surface area contributed by atoms with Crippen molar-refractivity contribution in [2.45, 2.75) is 95.9 Å². The number of fused-ring (bicyclic) bond motifs is 5. The van der Waals surface area contributed by atoms with Crippen LogP contribution in [0, 0.1) is 23.2 Å². The zero-order valence-corrected chi connectivity index (χ0v) is 36.6. The number of benzene rings is 3. The van der Waals surface area contributed by atoms with Crippen LogP contribution in [0.15, 0.2) is 60.8 Å². The number of carbonyl (C=O) groups excluding carboxylic acids is 4. The summed E-state index contributed by atoms with van der Waals surface area (Å²) in [5, 5.41) is 5.41. The lowest BCUT2D eigenvalue weighted by atomic mass is 9.94. The van der Waals surface area contributed by atoms with E-state index in [1.165, 1.54) is 20.3 Å². The molecule has 0 unspecified atom stereocenters. The van der Waals surface area contributed by atoms with Gasteiger partial charge in [-0.2, -0.15) is 8.78 Å². The molecule has 5 aliphatic rings. The Hall–Kier alpha value is -6.32. The Balaban J connectivity index is 0.897. The van der Waals surface area contributed by atoms with Crippen LogP contribution in [0.5, 0.6) is 0 Å². The fourth-order valence-electron chi connectivity index (χ4n) is 11.3. The average Bonchev–Trinajstić information content (AvgIpc) is 3.98. The van der Waals surface area contributed by atoms with Crippen LogP contribution in [0.2, 0.25) is 0 Å². The molecule has 5 aromatic rings. The second-order valence-corrected chi connectivity index (χ2v) is 18.9. The minimum absolute atomic E-state index is 0.0511. The summed E-state index contributed by atoms with van der Waals surface area (Å²) in [7, 11) is 2.54. The Morgan fingerprint density at radius 3 is 2.09 bits per heavy atom. The van der Waals surface area contributed by atoms with Crippen molar-refractivity contribution in [2.24, 2.45) is 23.2 Å². The van der Waals surface area contributed by atoms with E-state index in [4.69, 9.17) is 14.5 Å². The van der Waals surface area contributed by atoms with Crippen molar-refractivity contribution in [1.82, 2.24) is 40.4 Å². The molecule has 2 aromatic heterocycles. The van der Waals surface area contributed by atoms with Crippen molar-refractivity contribution in [3.05, 3.63) is 83.6 Å². The van der Waals surface area contributed by atoms with E-state index in [1.807, 2.05) is 56.9 Å². The molecule has 7 atom stereocenters. The first kappa shape index (κ1) is 41.7. The Morgan fingerprint density at radius 1 is 0.797 bits per heavy atom. The summed E-state index contributed by atoms with van der Waals surface area (Å²) in [6.07, 6.45) is 4.55. The molecule has 1 spiro atoms. The van der Waals surface area contributed by atoms with Gasteiger partial charge in [-0.1, -0.05) is 58.0 Å². The van der Waals surface area contributed by atoms with Gasteiger partial charge in [-0.3, -0.25) is 9.59 Å².